The van der Waals surface area contributed by atoms with Crippen LogP contribution in [-0.2, 0) is 22.9 Å². The maximum atomic E-state index is 14.1. The molecule has 0 saturated heterocycles. The molecule has 0 spiro atoms. The van der Waals surface area contributed by atoms with Gasteiger partial charge in [0, 0.05) is 10.9 Å². The van der Waals surface area contributed by atoms with Crippen molar-refractivity contribution in [2.75, 3.05) is 11.1 Å². The molecule has 0 aliphatic heterocycles. The Balaban J connectivity index is 1.93. The Morgan fingerprint density at radius 2 is 2.00 bits per heavy atom. The third kappa shape index (κ3) is 3.65. The molecule has 1 aliphatic rings. The Kier molecular flexibility index (Phi) is 4.92. The molecule has 28 heavy (non-hydrogen) atoms. The minimum absolute atomic E-state index is 0.0259. The van der Waals surface area contributed by atoms with E-state index in [0.29, 0.717) is 10.2 Å². The molecule has 0 amide bonds. The number of halogens is 2. The van der Waals surface area contributed by atoms with Gasteiger partial charge in [-0.05, 0) is 55.1 Å². The zero-order chi connectivity index (χ0) is 20.1. The Labute approximate surface area is 167 Å². The molecular weight excluding hydrogens is 428 g/mol. The van der Waals surface area contributed by atoms with Crippen molar-refractivity contribution >= 4 is 43.3 Å². The number of rotatable bonds is 4. The van der Waals surface area contributed by atoms with Crippen LogP contribution in [0, 0.1) is 11.6 Å². The third-order valence-corrected chi connectivity index (χ3v) is 7.02. The fourth-order valence-electron chi connectivity index (χ4n) is 3.16. The van der Waals surface area contributed by atoms with Crippen LogP contribution in [0.25, 0.3) is 10.2 Å². The molecule has 0 saturated carbocycles. The van der Waals surface area contributed by atoms with Crippen LogP contribution in [-0.4, -0.2) is 24.3 Å². The van der Waals surface area contributed by atoms with E-state index in [0.717, 1.165) is 71.0 Å². The van der Waals surface area contributed by atoms with Gasteiger partial charge in [0.15, 0.2) is 5.16 Å². The summed E-state index contributed by atoms with van der Waals surface area (Å²) in [5.41, 5.74) is 0.372. The van der Waals surface area contributed by atoms with E-state index in [-0.39, 0.29) is 10.1 Å². The van der Waals surface area contributed by atoms with Crippen LogP contribution in [0.5, 0.6) is 0 Å². The largest absolute Gasteiger partial charge is 0.282 e. The highest BCUT2D eigenvalue weighted by Crippen LogP contribution is 2.36. The molecule has 1 aliphatic carbocycles. The number of hydrogen-bond acceptors (Lipinski definition) is 6. The Morgan fingerprint density at radius 1 is 1.25 bits per heavy atom. The summed E-state index contributed by atoms with van der Waals surface area (Å²) < 4.78 is 51.7. The highest BCUT2D eigenvalue weighted by atomic mass is 32.2. The number of sulfonamides is 1. The van der Waals surface area contributed by atoms with Gasteiger partial charge < -0.3 is 0 Å². The van der Waals surface area contributed by atoms with Gasteiger partial charge in [-0.3, -0.25) is 4.79 Å². The fraction of sp³-hybridized carbons (Fsp3) is 0.294. The van der Waals surface area contributed by atoms with E-state index in [9.17, 15) is 22.0 Å². The van der Waals surface area contributed by atoms with Gasteiger partial charge >= 0.3 is 0 Å². The average molecular weight is 444 g/mol. The van der Waals surface area contributed by atoms with Crippen LogP contribution in [0.2, 0.25) is 0 Å². The van der Waals surface area contributed by atoms with Crippen molar-refractivity contribution in [3.8, 4) is 0 Å². The van der Waals surface area contributed by atoms with Crippen molar-refractivity contribution in [1.82, 2.24) is 9.66 Å². The standard InChI is InChI=1S/C17H15F2N3O3S3/c1-28(24,25)21-22-16(23)14-10-4-2-3-5-12(10)26-15(14)20-17(22)27-13-7-6-9(18)8-11(13)19/h6-8,21H,2-5H2,1H3. The molecule has 1 aromatic carbocycles. The molecule has 2 aromatic heterocycles. The van der Waals surface area contributed by atoms with Crippen molar-refractivity contribution in [2.45, 2.75) is 35.7 Å². The number of aryl methyl sites for hydroxylation is 2. The Bertz CT molecular complexity index is 1250. The number of nitrogens with one attached hydrogen (secondary N) is 1. The molecule has 148 valence electrons. The molecule has 1 N–H and O–H groups in total. The van der Waals surface area contributed by atoms with E-state index in [1.54, 1.807) is 0 Å². The average Bonchev–Trinajstić information content (AvgIpc) is 2.98. The summed E-state index contributed by atoms with van der Waals surface area (Å²) in [6.07, 6.45) is 4.49. The van der Waals surface area contributed by atoms with E-state index in [2.05, 4.69) is 9.82 Å². The van der Waals surface area contributed by atoms with Gasteiger partial charge in [0.1, 0.15) is 16.5 Å². The van der Waals surface area contributed by atoms with E-state index >= 15 is 0 Å². The van der Waals surface area contributed by atoms with Gasteiger partial charge in [-0.15, -0.1) is 11.3 Å². The minimum atomic E-state index is -3.80. The third-order valence-electron chi connectivity index (χ3n) is 4.31. The molecule has 3 aromatic rings. The van der Waals surface area contributed by atoms with Crippen LogP contribution in [0.3, 0.4) is 0 Å². The predicted molar refractivity (Wildman–Crippen MR) is 105 cm³/mol. The van der Waals surface area contributed by atoms with Crippen molar-refractivity contribution in [3.05, 3.63) is 50.6 Å². The van der Waals surface area contributed by atoms with E-state index in [4.69, 9.17) is 0 Å². The van der Waals surface area contributed by atoms with Crippen LogP contribution in [0.4, 0.5) is 8.78 Å². The van der Waals surface area contributed by atoms with Gasteiger partial charge in [-0.1, -0.05) is 0 Å². The van der Waals surface area contributed by atoms with Crippen LogP contribution in [0.15, 0.2) is 33.0 Å². The van der Waals surface area contributed by atoms with Gasteiger partial charge in [-0.2, -0.15) is 4.68 Å². The van der Waals surface area contributed by atoms with E-state index in [1.165, 1.54) is 17.4 Å². The Hall–Kier alpha value is -1.98. The SMILES string of the molecule is CS(=O)(=O)Nn1c(Sc2ccc(F)cc2F)nc2sc3c(c2c1=O)CCCC3. The second kappa shape index (κ2) is 7.12. The summed E-state index contributed by atoms with van der Waals surface area (Å²) >= 11 is 2.16. The Morgan fingerprint density at radius 3 is 2.71 bits per heavy atom. The number of nitrogens with zero attached hydrogens (tertiary/aromatic N) is 2. The highest BCUT2D eigenvalue weighted by molar-refractivity contribution is 7.99. The summed E-state index contributed by atoms with van der Waals surface area (Å²) in [7, 11) is -3.80. The van der Waals surface area contributed by atoms with Crippen molar-refractivity contribution < 1.29 is 17.2 Å². The number of thiophene rings is 1. The van der Waals surface area contributed by atoms with Crippen molar-refractivity contribution in [3.63, 3.8) is 0 Å². The first-order valence-corrected chi connectivity index (χ1v) is 11.9. The second-order valence-corrected chi connectivity index (χ2v) is 10.3. The van der Waals surface area contributed by atoms with Crippen molar-refractivity contribution in [1.29, 1.82) is 0 Å². The van der Waals surface area contributed by atoms with Crippen LogP contribution >= 0.6 is 23.1 Å². The summed E-state index contributed by atoms with van der Waals surface area (Å²) in [4.78, 5) is 21.3. The summed E-state index contributed by atoms with van der Waals surface area (Å²) in [5.74, 6) is -1.56. The summed E-state index contributed by atoms with van der Waals surface area (Å²) in [6.45, 7) is 0. The van der Waals surface area contributed by atoms with Crippen molar-refractivity contribution in [2.24, 2.45) is 0 Å². The lowest BCUT2D eigenvalue weighted by Crippen LogP contribution is -2.34. The van der Waals surface area contributed by atoms with E-state index in [1.807, 2.05) is 0 Å². The first-order chi connectivity index (χ1) is 13.2. The first kappa shape index (κ1) is 19.3. The summed E-state index contributed by atoms with van der Waals surface area (Å²) in [5, 5.41) is 0.367. The number of benzene rings is 1. The normalized spacial score (nSPS) is 14.2. The smallest absolute Gasteiger partial charge is 0.267 e. The maximum absolute atomic E-state index is 14.1. The van der Waals surface area contributed by atoms with Gasteiger partial charge in [0.2, 0.25) is 10.0 Å². The molecule has 2 heterocycles. The van der Waals surface area contributed by atoms with E-state index < -0.39 is 27.2 Å². The zero-order valence-corrected chi connectivity index (χ0v) is 17.1. The molecule has 6 nitrogen and oxygen atoms in total. The monoisotopic (exact) mass is 443 g/mol. The molecule has 0 fully saturated rings. The fourth-order valence-corrected chi connectivity index (χ4v) is 5.87. The van der Waals surface area contributed by atoms with Gasteiger partial charge in [0.25, 0.3) is 5.56 Å². The lowest BCUT2D eigenvalue weighted by Gasteiger charge is -2.14. The van der Waals surface area contributed by atoms with Gasteiger partial charge in [0.05, 0.1) is 16.5 Å². The molecule has 0 radical (unpaired) electrons. The number of fused-ring (bicyclic) bond motifs is 3. The summed E-state index contributed by atoms with van der Waals surface area (Å²) in [6, 6.07) is 3.02. The molecular formula is C17H15F2N3O3S3. The minimum Gasteiger partial charge on any atom is -0.267 e. The lowest BCUT2D eigenvalue weighted by atomic mass is 9.97. The highest BCUT2D eigenvalue weighted by Gasteiger charge is 2.24. The van der Waals surface area contributed by atoms with Crippen LogP contribution in [0.1, 0.15) is 23.3 Å². The molecule has 0 bridgehead atoms. The molecule has 0 atom stereocenters. The number of aromatic nitrogens is 2. The zero-order valence-electron chi connectivity index (χ0n) is 14.7. The topological polar surface area (TPSA) is 81.1 Å². The van der Waals surface area contributed by atoms with Crippen LogP contribution < -0.4 is 10.4 Å². The predicted octanol–water partition coefficient (Wildman–Crippen LogP) is 3.27. The maximum Gasteiger partial charge on any atom is 0.282 e. The lowest BCUT2D eigenvalue weighted by molar-refractivity contribution is 0.565. The molecule has 4 rings (SSSR count). The molecule has 11 heteroatoms. The quantitative estimate of drug-likeness (QED) is 0.626. The molecule has 0 unspecified atom stereocenters. The number of hydrogen-bond donors (Lipinski definition) is 1. The first-order valence-electron chi connectivity index (χ1n) is 8.41. The van der Waals surface area contributed by atoms with Gasteiger partial charge in [-0.25, -0.2) is 27.0 Å². The second-order valence-electron chi connectivity index (χ2n) is 6.47.